The molecular formula is C21H22N2O3. The fourth-order valence-electron chi connectivity index (χ4n) is 2.67. The molecule has 134 valence electrons. The van der Waals surface area contributed by atoms with Crippen LogP contribution in [-0.4, -0.2) is 11.1 Å². The molecule has 0 saturated heterocycles. The number of nitrogens with one attached hydrogen (secondary N) is 1. The molecule has 0 aliphatic heterocycles. The summed E-state index contributed by atoms with van der Waals surface area (Å²) in [5.41, 5.74) is 3.77. The van der Waals surface area contributed by atoms with E-state index in [1.807, 2.05) is 69.3 Å². The third kappa shape index (κ3) is 4.51. The first-order valence-electron chi connectivity index (χ1n) is 8.57. The zero-order valence-corrected chi connectivity index (χ0v) is 15.2. The van der Waals surface area contributed by atoms with Crippen molar-refractivity contribution in [1.29, 1.82) is 0 Å². The van der Waals surface area contributed by atoms with E-state index in [0.717, 1.165) is 34.2 Å². The first-order chi connectivity index (χ1) is 12.5. The number of hydrogen-bond donors (Lipinski definition) is 1. The second-order valence-corrected chi connectivity index (χ2v) is 6.29. The molecule has 0 fully saturated rings. The Kier molecular flexibility index (Phi) is 5.37. The van der Waals surface area contributed by atoms with Gasteiger partial charge in [0, 0.05) is 17.7 Å². The molecule has 0 aliphatic rings. The summed E-state index contributed by atoms with van der Waals surface area (Å²) in [6, 6.07) is 15.2. The molecule has 1 aromatic heterocycles. The second-order valence-electron chi connectivity index (χ2n) is 6.29. The summed E-state index contributed by atoms with van der Waals surface area (Å²) < 4.78 is 10.9. The molecule has 0 unspecified atom stereocenters. The van der Waals surface area contributed by atoms with Crippen LogP contribution in [0.3, 0.4) is 0 Å². The summed E-state index contributed by atoms with van der Waals surface area (Å²) in [5.74, 6) is 2.24. The van der Waals surface area contributed by atoms with Crippen LogP contribution >= 0.6 is 0 Å². The van der Waals surface area contributed by atoms with Gasteiger partial charge in [0.25, 0.3) is 0 Å². The fraction of sp³-hybridized carbons (Fsp3) is 0.238. The number of amides is 1. The summed E-state index contributed by atoms with van der Waals surface area (Å²) in [6.45, 7) is 5.78. The van der Waals surface area contributed by atoms with Gasteiger partial charge in [-0.25, -0.2) is 0 Å². The molecule has 0 aliphatic carbocycles. The molecule has 0 spiro atoms. The largest absolute Gasteiger partial charge is 0.457 e. The zero-order valence-electron chi connectivity index (χ0n) is 15.2. The highest BCUT2D eigenvalue weighted by Crippen LogP contribution is 2.23. The number of rotatable bonds is 6. The number of aryl methyl sites for hydroxylation is 3. The predicted octanol–water partition coefficient (Wildman–Crippen LogP) is 4.96. The SMILES string of the molecule is Cc1ccc(Oc2ccc(NC(=O)CCc3c(C)noc3C)cc2)cc1. The molecule has 1 N–H and O–H groups in total. The Morgan fingerprint density at radius 1 is 1.00 bits per heavy atom. The van der Waals surface area contributed by atoms with Crippen LogP contribution in [0.4, 0.5) is 5.69 Å². The predicted molar refractivity (Wildman–Crippen MR) is 101 cm³/mol. The van der Waals surface area contributed by atoms with Gasteiger partial charge in [-0.1, -0.05) is 22.9 Å². The molecule has 0 radical (unpaired) electrons. The molecule has 3 rings (SSSR count). The van der Waals surface area contributed by atoms with Gasteiger partial charge >= 0.3 is 0 Å². The smallest absolute Gasteiger partial charge is 0.224 e. The van der Waals surface area contributed by atoms with Crippen molar-refractivity contribution in [3.63, 3.8) is 0 Å². The molecule has 2 aromatic carbocycles. The highest BCUT2D eigenvalue weighted by Gasteiger charge is 2.11. The van der Waals surface area contributed by atoms with Gasteiger partial charge in [0.15, 0.2) is 0 Å². The summed E-state index contributed by atoms with van der Waals surface area (Å²) in [6.07, 6.45) is 0.992. The van der Waals surface area contributed by atoms with E-state index >= 15 is 0 Å². The zero-order chi connectivity index (χ0) is 18.5. The molecule has 0 saturated carbocycles. The molecule has 5 nitrogen and oxygen atoms in total. The number of benzene rings is 2. The normalized spacial score (nSPS) is 10.6. The van der Waals surface area contributed by atoms with Crippen molar-refractivity contribution in [2.45, 2.75) is 33.6 Å². The number of ether oxygens (including phenoxy) is 1. The molecule has 3 aromatic rings. The van der Waals surface area contributed by atoms with E-state index in [4.69, 9.17) is 9.26 Å². The molecule has 0 bridgehead atoms. The highest BCUT2D eigenvalue weighted by atomic mass is 16.5. The Morgan fingerprint density at radius 3 is 2.19 bits per heavy atom. The van der Waals surface area contributed by atoms with Gasteiger partial charge in [0.2, 0.25) is 5.91 Å². The van der Waals surface area contributed by atoms with Crippen LogP contribution in [0, 0.1) is 20.8 Å². The van der Waals surface area contributed by atoms with Gasteiger partial charge in [0.05, 0.1) is 5.69 Å². The van der Waals surface area contributed by atoms with Crippen LogP contribution in [0.5, 0.6) is 11.5 Å². The average molecular weight is 350 g/mol. The summed E-state index contributed by atoms with van der Waals surface area (Å²) in [5, 5.41) is 6.80. The summed E-state index contributed by atoms with van der Waals surface area (Å²) in [7, 11) is 0. The lowest BCUT2D eigenvalue weighted by atomic mass is 10.1. The maximum atomic E-state index is 12.1. The maximum absolute atomic E-state index is 12.1. The van der Waals surface area contributed by atoms with Gasteiger partial charge in [-0.3, -0.25) is 4.79 Å². The molecule has 1 amide bonds. The lowest BCUT2D eigenvalue weighted by molar-refractivity contribution is -0.116. The van der Waals surface area contributed by atoms with Crippen molar-refractivity contribution < 1.29 is 14.1 Å². The molecule has 26 heavy (non-hydrogen) atoms. The van der Waals surface area contributed by atoms with Gasteiger partial charge in [0.1, 0.15) is 17.3 Å². The highest BCUT2D eigenvalue weighted by molar-refractivity contribution is 5.90. The van der Waals surface area contributed by atoms with Crippen LogP contribution in [-0.2, 0) is 11.2 Å². The molecular weight excluding hydrogens is 328 g/mol. The fourth-order valence-corrected chi connectivity index (χ4v) is 2.67. The standard InChI is InChI=1S/C21H22N2O3/c1-14-4-8-18(9-5-14)25-19-10-6-17(7-11-19)22-21(24)13-12-20-15(2)23-26-16(20)3/h4-11H,12-13H2,1-3H3,(H,22,24). The van der Waals surface area contributed by atoms with E-state index in [-0.39, 0.29) is 5.91 Å². The minimum Gasteiger partial charge on any atom is -0.457 e. The lowest BCUT2D eigenvalue weighted by Crippen LogP contribution is -2.12. The number of aromatic nitrogens is 1. The third-order valence-electron chi connectivity index (χ3n) is 4.18. The van der Waals surface area contributed by atoms with Crippen LogP contribution in [0.15, 0.2) is 53.1 Å². The van der Waals surface area contributed by atoms with Crippen LogP contribution < -0.4 is 10.1 Å². The molecule has 0 atom stereocenters. The van der Waals surface area contributed by atoms with E-state index in [1.165, 1.54) is 5.56 Å². The third-order valence-corrected chi connectivity index (χ3v) is 4.18. The lowest BCUT2D eigenvalue weighted by Gasteiger charge is -2.08. The van der Waals surface area contributed by atoms with Crippen molar-refractivity contribution in [3.05, 3.63) is 71.1 Å². The topological polar surface area (TPSA) is 64.4 Å². The van der Waals surface area contributed by atoms with Gasteiger partial charge in [-0.15, -0.1) is 0 Å². The van der Waals surface area contributed by atoms with Crippen molar-refractivity contribution in [3.8, 4) is 11.5 Å². The second kappa shape index (κ2) is 7.87. The van der Waals surface area contributed by atoms with E-state index in [9.17, 15) is 4.79 Å². The number of nitrogens with zero attached hydrogens (tertiary/aromatic N) is 1. The summed E-state index contributed by atoms with van der Waals surface area (Å²) in [4.78, 5) is 12.1. The quantitative estimate of drug-likeness (QED) is 0.682. The Morgan fingerprint density at radius 2 is 1.62 bits per heavy atom. The average Bonchev–Trinajstić information content (AvgIpc) is 2.95. The number of hydrogen-bond acceptors (Lipinski definition) is 4. The summed E-state index contributed by atoms with van der Waals surface area (Å²) >= 11 is 0. The van der Waals surface area contributed by atoms with Crippen molar-refractivity contribution in [1.82, 2.24) is 5.16 Å². The Balaban J connectivity index is 1.53. The van der Waals surface area contributed by atoms with Crippen LogP contribution in [0.25, 0.3) is 0 Å². The molecule has 1 heterocycles. The van der Waals surface area contributed by atoms with Gasteiger partial charge in [-0.2, -0.15) is 0 Å². The monoisotopic (exact) mass is 350 g/mol. The maximum Gasteiger partial charge on any atom is 0.224 e. The van der Waals surface area contributed by atoms with Crippen molar-refractivity contribution >= 4 is 11.6 Å². The minimum absolute atomic E-state index is 0.0443. The number of carbonyl (C=O) groups excluding carboxylic acids is 1. The van der Waals surface area contributed by atoms with E-state index in [0.29, 0.717) is 12.8 Å². The Hall–Kier alpha value is -3.08. The number of anilines is 1. The minimum atomic E-state index is -0.0443. The van der Waals surface area contributed by atoms with Gasteiger partial charge in [-0.05, 0) is 63.6 Å². The Bertz CT molecular complexity index is 861. The van der Waals surface area contributed by atoms with Crippen molar-refractivity contribution in [2.75, 3.05) is 5.32 Å². The van der Waals surface area contributed by atoms with Crippen molar-refractivity contribution in [2.24, 2.45) is 0 Å². The molecule has 5 heteroatoms. The first kappa shape index (κ1) is 17.7. The van der Waals surface area contributed by atoms with E-state index < -0.39 is 0 Å². The Labute approximate surface area is 153 Å². The number of carbonyl (C=O) groups is 1. The van der Waals surface area contributed by atoms with Crippen LogP contribution in [0.1, 0.15) is 29.0 Å². The van der Waals surface area contributed by atoms with Crippen LogP contribution in [0.2, 0.25) is 0 Å². The van der Waals surface area contributed by atoms with E-state index in [1.54, 1.807) is 0 Å². The van der Waals surface area contributed by atoms with Gasteiger partial charge < -0.3 is 14.6 Å². The first-order valence-corrected chi connectivity index (χ1v) is 8.57. The van der Waals surface area contributed by atoms with E-state index in [2.05, 4.69) is 10.5 Å².